The third kappa shape index (κ3) is 13.3. The molecule has 0 aliphatic heterocycles. The van der Waals surface area contributed by atoms with Gasteiger partial charge in [0.2, 0.25) is 0 Å². The number of ketones is 1. The van der Waals surface area contributed by atoms with Crippen molar-refractivity contribution in [2.24, 2.45) is 11.8 Å². The second kappa shape index (κ2) is 15.6. The molecule has 0 amide bonds. The summed E-state index contributed by atoms with van der Waals surface area (Å²) in [5, 5.41) is 0. The summed E-state index contributed by atoms with van der Waals surface area (Å²) in [7, 11) is 0. The van der Waals surface area contributed by atoms with E-state index in [0.717, 1.165) is 25.2 Å². The van der Waals surface area contributed by atoms with Crippen LogP contribution < -0.4 is 0 Å². The van der Waals surface area contributed by atoms with Gasteiger partial charge in [-0.3, -0.25) is 4.79 Å². The van der Waals surface area contributed by atoms with Crippen LogP contribution in [-0.2, 0) is 4.79 Å². The van der Waals surface area contributed by atoms with Crippen LogP contribution in [0.15, 0.2) is 0 Å². The Morgan fingerprint density at radius 3 is 2.00 bits per heavy atom. The van der Waals surface area contributed by atoms with Crippen LogP contribution in [-0.4, -0.2) is 5.78 Å². The number of hydrogen-bond acceptors (Lipinski definition) is 1. The van der Waals surface area contributed by atoms with E-state index in [2.05, 4.69) is 27.7 Å². The summed E-state index contributed by atoms with van der Waals surface area (Å²) in [6, 6.07) is 0. The first-order valence-electron chi connectivity index (χ1n) is 10.2. The normalized spacial score (nSPS) is 14.0. The number of unbranched alkanes of at least 4 members (excludes halogenated alkanes) is 6. The fourth-order valence-electron chi connectivity index (χ4n) is 3.31. The van der Waals surface area contributed by atoms with Crippen molar-refractivity contribution in [1.29, 1.82) is 0 Å². The first-order valence-corrected chi connectivity index (χ1v) is 10.2. The van der Waals surface area contributed by atoms with Crippen molar-refractivity contribution >= 4 is 5.78 Å². The molecule has 132 valence electrons. The predicted octanol–water partition coefficient (Wildman–Crippen LogP) is 7.33. The Morgan fingerprint density at radius 1 is 0.773 bits per heavy atom. The number of carbonyl (C=O) groups excluding carboxylic acids is 1. The molecule has 0 aliphatic rings. The van der Waals surface area contributed by atoms with E-state index in [1.165, 1.54) is 70.6 Å². The molecule has 0 aromatic carbocycles. The molecule has 0 spiro atoms. The van der Waals surface area contributed by atoms with Gasteiger partial charge in [-0.05, 0) is 24.7 Å². The van der Waals surface area contributed by atoms with Crippen molar-refractivity contribution in [2.45, 2.75) is 118 Å². The van der Waals surface area contributed by atoms with Crippen molar-refractivity contribution in [3.05, 3.63) is 0 Å². The minimum Gasteiger partial charge on any atom is -0.300 e. The molecular formula is C21H42O. The molecule has 0 saturated heterocycles. The molecule has 0 radical (unpaired) electrons. The van der Waals surface area contributed by atoms with E-state index in [1.807, 2.05) is 0 Å². The summed E-state index contributed by atoms with van der Waals surface area (Å²) >= 11 is 0. The molecule has 1 unspecified atom stereocenters. The Labute approximate surface area is 140 Å². The van der Waals surface area contributed by atoms with E-state index in [4.69, 9.17) is 0 Å². The van der Waals surface area contributed by atoms with Crippen LogP contribution >= 0.6 is 0 Å². The highest BCUT2D eigenvalue weighted by Crippen LogP contribution is 2.22. The van der Waals surface area contributed by atoms with Gasteiger partial charge in [-0.2, -0.15) is 0 Å². The van der Waals surface area contributed by atoms with Crippen LogP contribution in [0.5, 0.6) is 0 Å². The second-order valence-corrected chi connectivity index (χ2v) is 7.36. The fraction of sp³-hybridized carbons (Fsp3) is 0.952. The summed E-state index contributed by atoms with van der Waals surface area (Å²) in [4.78, 5) is 12.1. The van der Waals surface area contributed by atoms with Gasteiger partial charge in [-0.15, -0.1) is 0 Å². The molecule has 0 aromatic heterocycles. The van der Waals surface area contributed by atoms with E-state index >= 15 is 0 Å². The highest BCUT2D eigenvalue weighted by Gasteiger charge is 2.13. The summed E-state index contributed by atoms with van der Waals surface area (Å²) < 4.78 is 0. The highest BCUT2D eigenvalue weighted by molar-refractivity contribution is 5.78. The standard InChI is InChI=1S/C21H42O/c1-5-8-9-10-11-12-13-15-21(22)18-20(7-3)17-16-19(4)14-6-2/h19-20H,5-18H2,1-4H3/t19-,20?/m1/s1. The van der Waals surface area contributed by atoms with Gasteiger partial charge in [-0.1, -0.05) is 91.9 Å². The van der Waals surface area contributed by atoms with Gasteiger partial charge in [0.25, 0.3) is 0 Å². The Morgan fingerprint density at radius 2 is 1.41 bits per heavy atom. The number of carbonyl (C=O) groups is 1. The molecule has 0 bridgehead atoms. The Bertz CT molecular complexity index is 246. The Balaban J connectivity index is 3.65. The molecule has 1 heteroatoms. The number of hydrogen-bond donors (Lipinski definition) is 0. The summed E-state index contributed by atoms with van der Waals surface area (Å²) in [5.41, 5.74) is 0. The van der Waals surface area contributed by atoms with Gasteiger partial charge in [0, 0.05) is 12.8 Å². The van der Waals surface area contributed by atoms with Gasteiger partial charge >= 0.3 is 0 Å². The van der Waals surface area contributed by atoms with Crippen molar-refractivity contribution in [3.8, 4) is 0 Å². The average Bonchev–Trinajstić information content (AvgIpc) is 2.50. The maximum Gasteiger partial charge on any atom is 0.133 e. The van der Waals surface area contributed by atoms with Crippen molar-refractivity contribution in [1.82, 2.24) is 0 Å². The van der Waals surface area contributed by atoms with Gasteiger partial charge in [0.05, 0.1) is 0 Å². The van der Waals surface area contributed by atoms with Crippen LogP contribution in [0.1, 0.15) is 118 Å². The molecule has 0 aliphatic carbocycles. The zero-order chi connectivity index (χ0) is 16.6. The minimum absolute atomic E-state index is 0.517. The number of rotatable bonds is 16. The molecule has 0 heterocycles. The first-order chi connectivity index (χ1) is 10.6. The highest BCUT2D eigenvalue weighted by atomic mass is 16.1. The topological polar surface area (TPSA) is 17.1 Å². The second-order valence-electron chi connectivity index (χ2n) is 7.36. The van der Waals surface area contributed by atoms with E-state index in [-0.39, 0.29) is 0 Å². The lowest BCUT2D eigenvalue weighted by Crippen LogP contribution is -2.09. The maximum atomic E-state index is 12.1. The third-order valence-electron chi connectivity index (χ3n) is 5.00. The van der Waals surface area contributed by atoms with Crippen LogP contribution in [0.4, 0.5) is 0 Å². The summed E-state index contributed by atoms with van der Waals surface area (Å²) in [6.45, 7) is 9.12. The van der Waals surface area contributed by atoms with Crippen LogP contribution in [0.2, 0.25) is 0 Å². The Kier molecular flexibility index (Phi) is 15.3. The van der Waals surface area contributed by atoms with Gasteiger partial charge in [0.15, 0.2) is 0 Å². The molecule has 2 atom stereocenters. The van der Waals surface area contributed by atoms with Crippen molar-refractivity contribution in [2.75, 3.05) is 0 Å². The van der Waals surface area contributed by atoms with E-state index in [1.54, 1.807) is 0 Å². The zero-order valence-electron chi connectivity index (χ0n) is 16.0. The van der Waals surface area contributed by atoms with E-state index < -0.39 is 0 Å². The van der Waals surface area contributed by atoms with Crippen molar-refractivity contribution in [3.63, 3.8) is 0 Å². The van der Waals surface area contributed by atoms with E-state index in [9.17, 15) is 4.79 Å². The summed E-state index contributed by atoms with van der Waals surface area (Å²) in [5.74, 6) is 1.98. The molecule has 22 heavy (non-hydrogen) atoms. The lowest BCUT2D eigenvalue weighted by molar-refractivity contribution is -0.120. The zero-order valence-corrected chi connectivity index (χ0v) is 16.0. The molecule has 0 saturated carbocycles. The largest absolute Gasteiger partial charge is 0.300 e. The SMILES string of the molecule is CCCCCCCCCC(=O)CC(CC)CC[C@H](C)CCC. The minimum atomic E-state index is 0.517. The number of Topliss-reactive ketones (excluding diaryl/α,β-unsaturated/α-hetero) is 1. The quantitative estimate of drug-likeness (QED) is 0.273. The summed E-state index contributed by atoms with van der Waals surface area (Å²) in [6.07, 6.45) is 17.1. The van der Waals surface area contributed by atoms with Crippen LogP contribution in [0, 0.1) is 11.8 Å². The molecular weight excluding hydrogens is 268 g/mol. The molecule has 0 aromatic rings. The predicted molar refractivity (Wildman–Crippen MR) is 99.3 cm³/mol. The first kappa shape index (κ1) is 21.7. The van der Waals surface area contributed by atoms with Gasteiger partial charge < -0.3 is 0 Å². The average molecular weight is 311 g/mol. The third-order valence-corrected chi connectivity index (χ3v) is 5.00. The molecule has 1 nitrogen and oxygen atoms in total. The van der Waals surface area contributed by atoms with Crippen LogP contribution in [0.3, 0.4) is 0 Å². The smallest absolute Gasteiger partial charge is 0.133 e. The fourth-order valence-corrected chi connectivity index (χ4v) is 3.31. The molecule has 0 N–H and O–H groups in total. The van der Waals surface area contributed by atoms with E-state index in [0.29, 0.717) is 11.7 Å². The van der Waals surface area contributed by atoms with Crippen molar-refractivity contribution < 1.29 is 4.79 Å². The maximum absolute atomic E-state index is 12.1. The lowest BCUT2D eigenvalue weighted by Gasteiger charge is -2.17. The lowest BCUT2D eigenvalue weighted by atomic mass is 9.88. The molecule has 0 fully saturated rings. The van der Waals surface area contributed by atoms with Gasteiger partial charge in [0.1, 0.15) is 5.78 Å². The monoisotopic (exact) mass is 310 g/mol. The van der Waals surface area contributed by atoms with Gasteiger partial charge in [-0.25, -0.2) is 0 Å². The molecule has 0 rings (SSSR count). The van der Waals surface area contributed by atoms with Crippen LogP contribution in [0.25, 0.3) is 0 Å². The Hall–Kier alpha value is -0.330.